The van der Waals surface area contributed by atoms with Gasteiger partial charge in [0.1, 0.15) is 0 Å². The van der Waals surface area contributed by atoms with Gasteiger partial charge in [0.25, 0.3) is 0 Å². The van der Waals surface area contributed by atoms with Gasteiger partial charge in [-0.25, -0.2) is 0 Å². The van der Waals surface area contributed by atoms with Gasteiger partial charge in [0.15, 0.2) is 0 Å². The van der Waals surface area contributed by atoms with Crippen LogP contribution < -0.4 is 0 Å². The van der Waals surface area contributed by atoms with Crippen molar-refractivity contribution < 1.29 is 9.90 Å². The van der Waals surface area contributed by atoms with Crippen LogP contribution >= 0.6 is 0 Å². The van der Waals surface area contributed by atoms with Crippen LogP contribution in [0.25, 0.3) is 0 Å². The molecular weight excluding hydrogens is 212 g/mol. The summed E-state index contributed by atoms with van der Waals surface area (Å²) in [4.78, 5) is 11.2. The summed E-state index contributed by atoms with van der Waals surface area (Å²) in [5, 5.41) is 9.26. The molecule has 0 aromatic rings. The van der Waals surface area contributed by atoms with Crippen molar-refractivity contribution in [1.82, 2.24) is 0 Å². The van der Waals surface area contributed by atoms with E-state index in [9.17, 15) is 9.90 Å². The fourth-order valence-electron chi connectivity index (χ4n) is 2.93. The maximum atomic E-state index is 11.2. The molecule has 0 saturated heterocycles. The van der Waals surface area contributed by atoms with Gasteiger partial charge < -0.3 is 5.11 Å². The molecule has 1 aliphatic carbocycles. The summed E-state index contributed by atoms with van der Waals surface area (Å²) >= 11 is 0. The highest BCUT2D eigenvalue weighted by Gasteiger charge is 2.28. The molecular formula is C15H26O2. The molecule has 1 rings (SSSR count). The van der Waals surface area contributed by atoms with Crippen LogP contribution in [0, 0.1) is 11.8 Å². The lowest BCUT2D eigenvalue weighted by atomic mass is 9.84. The first-order valence-corrected chi connectivity index (χ1v) is 7.09. The first-order valence-electron chi connectivity index (χ1n) is 7.09. The Morgan fingerprint density at radius 2 is 1.94 bits per heavy atom. The van der Waals surface area contributed by atoms with Gasteiger partial charge in [-0.1, -0.05) is 38.2 Å². The largest absolute Gasteiger partial charge is 0.481 e. The molecule has 1 fully saturated rings. The number of carboxylic acids is 1. The van der Waals surface area contributed by atoms with Gasteiger partial charge in [0, 0.05) is 0 Å². The first kappa shape index (κ1) is 14.3. The average Bonchev–Trinajstić information content (AvgIpc) is 2.54. The zero-order valence-electron chi connectivity index (χ0n) is 10.9. The number of carbonyl (C=O) groups is 1. The summed E-state index contributed by atoms with van der Waals surface area (Å²) in [5.74, 6) is -0.210. The molecule has 0 aromatic carbocycles. The highest BCUT2D eigenvalue weighted by molar-refractivity contribution is 5.70. The maximum Gasteiger partial charge on any atom is 0.306 e. The van der Waals surface area contributed by atoms with E-state index in [1.54, 1.807) is 0 Å². The molecule has 17 heavy (non-hydrogen) atoms. The summed E-state index contributed by atoms with van der Waals surface area (Å²) < 4.78 is 0. The standard InChI is InChI=1S/C15H26O2/c1-2-3-4-5-7-10-13-11-8-6-9-12-14(13)15(16)17/h2,13-14H,1,3-12H2,(H,16,17). The van der Waals surface area contributed by atoms with Crippen LogP contribution in [0.15, 0.2) is 12.7 Å². The van der Waals surface area contributed by atoms with Crippen molar-refractivity contribution in [3.63, 3.8) is 0 Å². The van der Waals surface area contributed by atoms with Gasteiger partial charge in [-0.3, -0.25) is 4.79 Å². The Hall–Kier alpha value is -0.790. The van der Waals surface area contributed by atoms with Gasteiger partial charge in [0.2, 0.25) is 0 Å². The third-order valence-corrected chi connectivity index (χ3v) is 3.96. The molecule has 1 aliphatic rings. The molecule has 1 saturated carbocycles. The van der Waals surface area contributed by atoms with Crippen molar-refractivity contribution in [2.45, 2.75) is 64.2 Å². The number of rotatable bonds is 7. The number of allylic oxidation sites excluding steroid dienone is 1. The highest BCUT2D eigenvalue weighted by Crippen LogP contribution is 2.32. The van der Waals surface area contributed by atoms with Crippen LogP contribution in [0.1, 0.15) is 64.2 Å². The molecule has 1 N–H and O–H groups in total. The topological polar surface area (TPSA) is 37.3 Å². The molecule has 0 aromatic heterocycles. The number of aliphatic carboxylic acids is 1. The lowest BCUT2D eigenvalue weighted by Crippen LogP contribution is -2.22. The van der Waals surface area contributed by atoms with E-state index in [1.807, 2.05) is 6.08 Å². The molecule has 98 valence electrons. The van der Waals surface area contributed by atoms with Crippen molar-refractivity contribution in [2.75, 3.05) is 0 Å². The van der Waals surface area contributed by atoms with Gasteiger partial charge >= 0.3 is 5.97 Å². The second-order valence-corrected chi connectivity index (χ2v) is 5.27. The zero-order chi connectivity index (χ0) is 12.5. The third kappa shape index (κ3) is 5.38. The molecule has 2 unspecified atom stereocenters. The Labute approximate surface area is 105 Å². The second kappa shape index (κ2) is 8.32. The van der Waals surface area contributed by atoms with Crippen molar-refractivity contribution in [2.24, 2.45) is 11.8 Å². The first-order chi connectivity index (χ1) is 8.25. The highest BCUT2D eigenvalue weighted by atomic mass is 16.4. The van der Waals surface area contributed by atoms with Crippen LogP contribution in [0.2, 0.25) is 0 Å². The summed E-state index contributed by atoms with van der Waals surface area (Å²) in [5.41, 5.74) is 0. The second-order valence-electron chi connectivity index (χ2n) is 5.27. The predicted octanol–water partition coefficient (Wildman–Crippen LogP) is 4.40. The third-order valence-electron chi connectivity index (χ3n) is 3.96. The lowest BCUT2D eigenvalue weighted by molar-refractivity contribution is -0.144. The Morgan fingerprint density at radius 1 is 1.18 bits per heavy atom. The van der Waals surface area contributed by atoms with E-state index in [4.69, 9.17) is 0 Å². The van der Waals surface area contributed by atoms with E-state index in [-0.39, 0.29) is 5.92 Å². The predicted molar refractivity (Wildman–Crippen MR) is 71.0 cm³/mol. The van der Waals surface area contributed by atoms with Gasteiger partial charge in [-0.05, 0) is 38.0 Å². The van der Waals surface area contributed by atoms with Crippen LogP contribution in [0.4, 0.5) is 0 Å². The molecule has 2 heteroatoms. The van der Waals surface area contributed by atoms with E-state index in [2.05, 4.69) is 6.58 Å². The number of unbranched alkanes of at least 4 members (excludes halogenated alkanes) is 3. The fourth-order valence-corrected chi connectivity index (χ4v) is 2.93. The lowest BCUT2D eigenvalue weighted by Gasteiger charge is -2.21. The minimum Gasteiger partial charge on any atom is -0.481 e. The number of hydrogen-bond donors (Lipinski definition) is 1. The minimum absolute atomic E-state index is 0.0723. The fraction of sp³-hybridized carbons (Fsp3) is 0.800. The molecule has 0 bridgehead atoms. The summed E-state index contributed by atoms with van der Waals surface area (Å²) in [6.07, 6.45) is 13.3. The van der Waals surface area contributed by atoms with Gasteiger partial charge in [0.05, 0.1) is 5.92 Å². The van der Waals surface area contributed by atoms with E-state index in [1.165, 1.54) is 32.1 Å². The average molecular weight is 238 g/mol. The van der Waals surface area contributed by atoms with E-state index >= 15 is 0 Å². The van der Waals surface area contributed by atoms with E-state index in [0.29, 0.717) is 5.92 Å². The molecule has 0 aliphatic heterocycles. The van der Waals surface area contributed by atoms with Crippen LogP contribution in [-0.2, 0) is 4.79 Å². The quantitative estimate of drug-likeness (QED) is 0.405. The van der Waals surface area contributed by atoms with Crippen molar-refractivity contribution in [3.05, 3.63) is 12.7 Å². The number of carboxylic acid groups (broad SMARTS) is 1. The molecule has 2 atom stereocenters. The van der Waals surface area contributed by atoms with E-state index in [0.717, 1.165) is 32.1 Å². The monoisotopic (exact) mass is 238 g/mol. The van der Waals surface area contributed by atoms with Crippen molar-refractivity contribution in [3.8, 4) is 0 Å². The zero-order valence-corrected chi connectivity index (χ0v) is 10.9. The number of hydrogen-bond acceptors (Lipinski definition) is 1. The van der Waals surface area contributed by atoms with Crippen molar-refractivity contribution >= 4 is 5.97 Å². The van der Waals surface area contributed by atoms with Crippen LogP contribution in [0.5, 0.6) is 0 Å². The Kier molecular flexibility index (Phi) is 6.99. The van der Waals surface area contributed by atoms with Gasteiger partial charge in [-0.2, -0.15) is 0 Å². The molecule has 0 spiro atoms. The van der Waals surface area contributed by atoms with Crippen LogP contribution in [0.3, 0.4) is 0 Å². The van der Waals surface area contributed by atoms with Crippen LogP contribution in [-0.4, -0.2) is 11.1 Å². The molecule has 2 nitrogen and oxygen atoms in total. The van der Waals surface area contributed by atoms with Crippen molar-refractivity contribution in [1.29, 1.82) is 0 Å². The van der Waals surface area contributed by atoms with Gasteiger partial charge in [-0.15, -0.1) is 6.58 Å². The summed E-state index contributed by atoms with van der Waals surface area (Å²) in [6, 6.07) is 0. The Bertz CT molecular complexity index is 235. The SMILES string of the molecule is C=CCCCCCC1CCCCCC1C(=O)O. The molecule has 0 heterocycles. The minimum atomic E-state index is -0.567. The molecule has 0 radical (unpaired) electrons. The maximum absolute atomic E-state index is 11.2. The smallest absolute Gasteiger partial charge is 0.306 e. The molecule has 0 amide bonds. The summed E-state index contributed by atoms with van der Waals surface area (Å²) in [7, 11) is 0. The Balaban J connectivity index is 2.30. The normalized spacial score (nSPS) is 25.2. The Morgan fingerprint density at radius 3 is 2.65 bits per heavy atom. The summed E-state index contributed by atoms with van der Waals surface area (Å²) in [6.45, 7) is 3.72. The van der Waals surface area contributed by atoms with E-state index < -0.39 is 5.97 Å².